The molecule has 6 heteroatoms. The number of nitrogens with zero attached hydrogens (tertiary/aromatic N) is 2. The van der Waals surface area contributed by atoms with Gasteiger partial charge in [-0.2, -0.15) is 0 Å². The normalized spacial score (nSPS) is 23.6. The van der Waals surface area contributed by atoms with Crippen LogP contribution in [0.2, 0.25) is 0 Å². The third-order valence-electron chi connectivity index (χ3n) is 3.05. The summed E-state index contributed by atoms with van der Waals surface area (Å²) in [7, 11) is 1.70. The summed E-state index contributed by atoms with van der Waals surface area (Å²) in [6, 6.07) is 3.32. The van der Waals surface area contributed by atoms with Gasteiger partial charge in [0.05, 0.1) is 17.1 Å². The molecule has 6 nitrogen and oxygen atoms in total. The van der Waals surface area contributed by atoms with E-state index in [-0.39, 0.29) is 17.8 Å². The van der Waals surface area contributed by atoms with Crippen LogP contribution in [0.25, 0.3) is 0 Å². The maximum absolute atomic E-state index is 10.5. The van der Waals surface area contributed by atoms with E-state index in [1.165, 1.54) is 12.3 Å². The van der Waals surface area contributed by atoms with Crippen molar-refractivity contribution in [3.8, 4) is 0 Å². The van der Waals surface area contributed by atoms with Crippen molar-refractivity contribution in [2.24, 2.45) is 0 Å². The van der Waals surface area contributed by atoms with E-state index in [2.05, 4.69) is 10.3 Å². The van der Waals surface area contributed by atoms with E-state index in [0.29, 0.717) is 5.82 Å². The Morgan fingerprint density at radius 3 is 2.94 bits per heavy atom. The number of rotatable bonds is 4. The Morgan fingerprint density at radius 1 is 1.53 bits per heavy atom. The van der Waals surface area contributed by atoms with Crippen molar-refractivity contribution in [1.82, 2.24) is 4.98 Å². The van der Waals surface area contributed by atoms with Gasteiger partial charge in [-0.05, 0) is 25.3 Å². The number of pyridine rings is 1. The number of hydrogen-bond acceptors (Lipinski definition) is 5. The van der Waals surface area contributed by atoms with Crippen LogP contribution in [0.1, 0.15) is 19.3 Å². The minimum Gasteiger partial charge on any atom is -0.379 e. The molecule has 2 rings (SSSR count). The first-order valence-electron chi connectivity index (χ1n) is 5.60. The molecular formula is C11H15N3O3. The number of methoxy groups -OCH3 is 1. The molecule has 2 unspecified atom stereocenters. The molecule has 1 aromatic heterocycles. The van der Waals surface area contributed by atoms with E-state index in [4.69, 9.17) is 4.74 Å². The molecule has 0 aromatic carbocycles. The van der Waals surface area contributed by atoms with E-state index in [0.717, 1.165) is 19.3 Å². The van der Waals surface area contributed by atoms with Crippen molar-refractivity contribution in [1.29, 1.82) is 0 Å². The molecular weight excluding hydrogens is 222 g/mol. The number of anilines is 1. The summed E-state index contributed by atoms with van der Waals surface area (Å²) in [6.07, 6.45) is 4.67. The third kappa shape index (κ3) is 2.71. The fraction of sp³-hybridized carbons (Fsp3) is 0.545. The lowest BCUT2D eigenvalue weighted by atomic mass is 10.2. The summed E-state index contributed by atoms with van der Waals surface area (Å²) in [5.41, 5.74) is 0.00487. The monoisotopic (exact) mass is 237 g/mol. The van der Waals surface area contributed by atoms with Crippen molar-refractivity contribution in [2.45, 2.75) is 31.4 Å². The van der Waals surface area contributed by atoms with Crippen LogP contribution in [0.4, 0.5) is 11.5 Å². The van der Waals surface area contributed by atoms with Gasteiger partial charge in [0.1, 0.15) is 12.0 Å². The number of aromatic nitrogens is 1. The summed E-state index contributed by atoms with van der Waals surface area (Å²) in [5.74, 6) is 0.657. The van der Waals surface area contributed by atoms with Crippen molar-refractivity contribution >= 4 is 11.5 Å². The highest BCUT2D eigenvalue weighted by atomic mass is 16.6. The molecule has 0 radical (unpaired) electrons. The van der Waals surface area contributed by atoms with Gasteiger partial charge in [0.15, 0.2) is 0 Å². The molecule has 92 valence electrons. The predicted molar refractivity (Wildman–Crippen MR) is 63.0 cm³/mol. The smallest absolute Gasteiger partial charge is 0.287 e. The molecule has 2 atom stereocenters. The Bertz CT molecular complexity index is 393. The summed E-state index contributed by atoms with van der Waals surface area (Å²) >= 11 is 0. The van der Waals surface area contributed by atoms with Gasteiger partial charge < -0.3 is 10.1 Å². The maximum atomic E-state index is 10.5. The van der Waals surface area contributed by atoms with Gasteiger partial charge in [-0.1, -0.05) is 0 Å². The van der Waals surface area contributed by atoms with Crippen molar-refractivity contribution in [3.63, 3.8) is 0 Å². The minimum atomic E-state index is -0.454. The van der Waals surface area contributed by atoms with Gasteiger partial charge in [-0.3, -0.25) is 10.1 Å². The highest BCUT2D eigenvalue weighted by molar-refractivity contribution is 5.41. The average Bonchev–Trinajstić information content (AvgIpc) is 2.77. The number of ether oxygens (including phenoxy) is 1. The first kappa shape index (κ1) is 11.8. The van der Waals surface area contributed by atoms with Crippen LogP contribution in [0.5, 0.6) is 0 Å². The lowest BCUT2D eigenvalue weighted by molar-refractivity contribution is -0.385. The second-order valence-corrected chi connectivity index (χ2v) is 4.11. The predicted octanol–water partition coefficient (Wildman–Crippen LogP) is 1.97. The summed E-state index contributed by atoms with van der Waals surface area (Å²) in [5, 5.41) is 13.7. The number of hydrogen-bond donors (Lipinski definition) is 1. The largest absolute Gasteiger partial charge is 0.379 e. The first-order chi connectivity index (χ1) is 8.20. The zero-order chi connectivity index (χ0) is 12.3. The molecule has 1 fully saturated rings. The molecule has 1 N–H and O–H groups in total. The summed E-state index contributed by atoms with van der Waals surface area (Å²) in [4.78, 5) is 14.1. The van der Waals surface area contributed by atoms with E-state index in [1.807, 2.05) is 0 Å². The van der Waals surface area contributed by atoms with Gasteiger partial charge in [-0.15, -0.1) is 0 Å². The third-order valence-corrected chi connectivity index (χ3v) is 3.05. The Labute approximate surface area is 99.2 Å². The lowest BCUT2D eigenvalue weighted by Crippen LogP contribution is -2.30. The fourth-order valence-corrected chi connectivity index (χ4v) is 2.14. The zero-order valence-corrected chi connectivity index (χ0v) is 9.63. The van der Waals surface area contributed by atoms with Gasteiger partial charge in [0.25, 0.3) is 5.69 Å². The van der Waals surface area contributed by atoms with Crippen molar-refractivity contribution in [2.75, 3.05) is 12.4 Å². The zero-order valence-electron chi connectivity index (χ0n) is 9.63. The van der Waals surface area contributed by atoms with Crippen LogP contribution in [-0.2, 0) is 4.74 Å². The summed E-state index contributed by atoms with van der Waals surface area (Å²) in [6.45, 7) is 0. The van der Waals surface area contributed by atoms with Gasteiger partial charge in [0, 0.05) is 13.2 Å². The molecule has 0 spiro atoms. The number of nitrogens with one attached hydrogen (secondary N) is 1. The highest BCUT2D eigenvalue weighted by Gasteiger charge is 2.27. The van der Waals surface area contributed by atoms with E-state index in [9.17, 15) is 10.1 Å². The Kier molecular flexibility index (Phi) is 3.53. The topological polar surface area (TPSA) is 77.3 Å². The molecule has 1 saturated carbocycles. The Balaban J connectivity index is 2.01. The molecule has 0 amide bonds. The summed E-state index contributed by atoms with van der Waals surface area (Å²) < 4.78 is 5.36. The second-order valence-electron chi connectivity index (χ2n) is 4.11. The fourth-order valence-electron chi connectivity index (χ4n) is 2.14. The molecule has 1 aliphatic carbocycles. The first-order valence-corrected chi connectivity index (χ1v) is 5.60. The Morgan fingerprint density at radius 2 is 2.35 bits per heavy atom. The van der Waals surface area contributed by atoms with E-state index >= 15 is 0 Å². The van der Waals surface area contributed by atoms with Crippen LogP contribution in [0.3, 0.4) is 0 Å². The highest BCUT2D eigenvalue weighted by Crippen LogP contribution is 2.24. The van der Waals surface area contributed by atoms with Gasteiger partial charge in [-0.25, -0.2) is 4.98 Å². The van der Waals surface area contributed by atoms with E-state index < -0.39 is 4.92 Å². The van der Waals surface area contributed by atoms with Crippen LogP contribution in [0, 0.1) is 10.1 Å². The molecule has 1 heterocycles. The minimum absolute atomic E-state index is 0.00487. The molecule has 1 aromatic rings. The molecule has 0 bridgehead atoms. The van der Waals surface area contributed by atoms with E-state index in [1.54, 1.807) is 13.2 Å². The lowest BCUT2D eigenvalue weighted by Gasteiger charge is -2.19. The van der Waals surface area contributed by atoms with Gasteiger partial charge in [0.2, 0.25) is 0 Å². The van der Waals surface area contributed by atoms with Crippen LogP contribution >= 0.6 is 0 Å². The Hall–Kier alpha value is -1.69. The average molecular weight is 237 g/mol. The van der Waals surface area contributed by atoms with Crippen LogP contribution < -0.4 is 5.32 Å². The maximum Gasteiger partial charge on any atom is 0.287 e. The standard InChI is InChI=1S/C11H15N3O3/c1-17-10-4-2-3-9(10)13-11-6-5-8(7-12-11)14(15)16/h5-7,9-10H,2-4H2,1H3,(H,12,13). The van der Waals surface area contributed by atoms with Crippen molar-refractivity contribution in [3.05, 3.63) is 28.4 Å². The SMILES string of the molecule is COC1CCCC1Nc1ccc([N+](=O)[O-])cn1. The van der Waals surface area contributed by atoms with Gasteiger partial charge >= 0.3 is 0 Å². The molecule has 0 aliphatic heterocycles. The quantitative estimate of drug-likeness (QED) is 0.639. The molecule has 17 heavy (non-hydrogen) atoms. The molecule has 1 aliphatic rings. The van der Waals surface area contributed by atoms with Crippen LogP contribution in [0.15, 0.2) is 18.3 Å². The van der Waals surface area contributed by atoms with Crippen LogP contribution in [-0.4, -0.2) is 29.2 Å². The second kappa shape index (κ2) is 5.09. The molecule has 0 saturated heterocycles. The number of nitro groups is 1. The van der Waals surface area contributed by atoms with Crippen molar-refractivity contribution < 1.29 is 9.66 Å².